The number of rotatable bonds is 2. The number of anilines is 1. The molecule has 0 amide bonds. The van der Waals surface area contributed by atoms with Gasteiger partial charge in [-0.1, -0.05) is 27.5 Å². The minimum absolute atomic E-state index is 0.484. The minimum Gasteiger partial charge on any atom is -0.277 e. The van der Waals surface area contributed by atoms with Crippen molar-refractivity contribution in [1.29, 1.82) is 0 Å². The number of hydrogen-bond donors (Lipinski definition) is 1. The van der Waals surface area contributed by atoms with Crippen LogP contribution in [0.3, 0.4) is 0 Å². The first kappa shape index (κ1) is 9.55. The Kier molecular flexibility index (Phi) is 3.56. The molecule has 0 aliphatic rings. The first-order chi connectivity index (χ1) is 5.68. The average molecular weight is 248 g/mol. The van der Waals surface area contributed by atoms with Gasteiger partial charge in [-0.15, -0.1) is 0 Å². The van der Waals surface area contributed by atoms with Gasteiger partial charge in [0, 0.05) is 4.47 Å². The first-order valence-electron chi connectivity index (χ1n) is 3.40. The van der Waals surface area contributed by atoms with Crippen LogP contribution in [0, 0.1) is 0 Å². The van der Waals surface area contributed by atoms with E-state index in [-0.39, 0.29) is 0 Å². The van der Waals surface area contributed by atoms with Crippen molar-refractivity contribution in [3.63, 3.8) is 0 Å². The van der Waals surface area contributed by atoms with E-state index in [4.69, 9.17) is 11.6 Å². The molecule has 0 aliphatic carbocycles. The zero-order chi connectivity index (χ0) is 8.97. The van der Waals surface area contributed by atoms with Crippen LogP contribution in [0.5, 0.6) is 0 Å². The van der Waals surface area contributed by atoms with Crippen molar-refractivity contribution in [1.82, 2.24) is 0 Å². The van der Waals surface area contributed by atoms with Crippen LogP contribution in [0.4, 0.5) is 5.69 Å². The summed E-state index contributed by atoms with van der Waals surface area (Å²) in [5.74, 6) is 0. The van der Waals surface area contributed by atoms with Crippen LogP contribution >= 0.6 is 27.5 Å². The largest absolute Gasteiger partial charge is 0.277 e. The Hall–Kier alpha value is -0.540. The minimum atomic E-state index is 0.484. The summed E-state index contributed by atoms with van der Waals surface area (Å²) in [4.78, 5) is 0. The number of hydrazone groups is 1. The molecule has 0 saturated carbocycles. The molecule has 1 aromatic rings. The van der Waals surface area contributed by atoms with E-state index < -0.39 is 0 Å². The van der Waals surface area contributed by atoms with E-state index in [0.717, 1.165) is 10.2 Å². The van der Waals surface area contributed by atoms with E-state index in [0.29, 0.717) is 5.17 Å². The van der Waals surface area contributed by atoms with Crippen LogP contribution in [0.1, 0.15) is 6.92 Å². The zero-order valence-electron chi connectivity index (χ0n) is 6.51. The van der Waals surface area contributed by atoms with Gasteiger partial charge in [-0.25, -0.2) is 0 Å². The summed E-state index contributed by atoms with van der Waals surface area (Å²) in [5, 5.41) is 4.33. The van der Waals surface area contributed by atoms with Crippen LogP contribution in [0.15, 0.2) is 33.8 Å². The standard InChI is InChI=1S/C8H8BrClN2/c1-6(10)11-12-8-4-2-7(9)3-5-8/h2-5,12H,1H3. The van der Waals surface area contributed by atoms with Crippen LogP contribution in [0.25, 0.3) is 0 Å². The molecular formula is C8H8BrClN2. The number of nitrogens with one attached hydrogen (secondary N) is 1. The van der Waals surface area contributed by atoms with E-state index >= 15 is 0 Å². The molecule has 1 N–H and O–H groups in total. The highest BCUT2D eigenvalue weighted by atomic mass is 79.9. The molecule has 1 rings (SSSR count). The third-order valence-electron chi connectivity index (χ3n) is 1.18. The van der Waals surface area contributed by atoms with E-state index in [2.05, 4.69) is 26.5 Å². The van der Waals surface area contributed by atoms with Crippen molar-refractivity contribution in [2.75, 3.05) is 5.43 Å². The summed E-state index contributed by atoms with van der Waals surface area (Å²) >= 11 is 8.87. The van der Waals surface area contributed by atoms with Crippen LogP contribution < -0.4 is 5.43 Å². The van der Waals surface area contributed by atoms with Gasteiger partial charge in [-0.05, 0) is 31.2 Å². The summed E-state index contributed by atoms with van der Waals surface area (Å²) < 4.78 is 1.04. The molecule has 0 atom stereocenters. The Balaban J connectivity index is 2.65. The fraction of sp³-hybridized carbons (Fsp3) is 0.125. The third-order valence-corrected chi connectivity index (χ3v) is 1.80. The summed E-state index contributed by atoms with van der Waals surface area (Å²) in [5.41, 5.74) is 3.72. The van der Waals surface area contributed by atoms with E-state index in [9.17, 15) is 0 Å². The molecule has 0 heterocycles. The second-order valence-corrected chi connectivity index (χ2v) is 3.69. The maximum absolute atomic E-state index is 5.54. The maximum Gasteiger partial charge on any atom is 0.123 e. The van der Waals surface area contributed by atoms with Gasteiger partial charge >= 0.3 is 0 Å². The summed E-state index contributed by atoms with van der Waals surface area (Å²) in [6.45, 7) is 1.72. The maximum atomic E-state index is 5.54. The Morgan fingerprint density at radius 2 is 2.00 bits per heavy atom. The van der Waals surface area contributed by atoms with Crippen molar-refractivity contribution < 1.29 is 0 Å². The fourth-order valence-electron chi connectivity index (χ4n) is 0.666. The molecule has 0 radical (unpaired) electrons. The normalized spacial score (nSPS) is 11.4. The molecule has 0 fully saturated rings. The van der Waals surface area contributed by atoms with Crippen LogP contribution in [-0.2, 0) is 0 Å². The molecule has 0 aromatic heterocycles. The van der Waals surface area contributed by atoms with Crippen LogP contribution in [0.2, 0.25) is 0 Å². The second kappa shape index (κ2) is 4.48. The predicted octanol–water partition coefficient (Wildman–Crippen LogP) is 3.43. The summed E-state index contributed by atoms with van der Waals surface area (Å²) in [7, 11) is 0. The van der Waals surface area contributed by atoms with Gasteiger partial charge in [0.1, 0.15) is 5.17 Å². The lowest BCUT2D eigenvalue weighted by atomic mass is 10.3. The molecule has 0 saturated heterocycles. The van der Waals surface area contributed by atoms with Crippen molar-refractivity contribution in [2.24, 2.45) is 5.10 Å². The quantitative estimate of drug-likeness (QED) is 0.628. The van der Waals surface area contributed by atoms with E-state index in [1.807, 2.05) is 24.3 Å². The van der Waals surface area contributed by atoms with Crippen molar-refractivity contribution >= 4 is 38.4 Å². The molecule has 1 aromatic carbocycles. The highest BCUT2D eigenvalue weighted by molar-refractivity contribution is 9.10. The molecule has 12 heavy (non-hydrogen) atoms. The summed E-state index contributed by atoms with van der Waals surface area (Å²) in [6.07, 6.45) is 0. The van der Waals surface area contributed by atoms with Gasteiger partial charge in [0.2, 0.25) is 0 Å². The number of hydrogen-bond acceptors (Lipinski definition) is 2. The third kappa shape index (κ3) is 3.24. The first-order valence-corrected chi connectivity index (χ1v) is 4.57. The molecule has 4 heteroatoms. The SMILES string of the molecule is CC(Cl)=NNc1ccc(Br)cc1. The Bertz CT molecular complexity index is 278. The fourth-order valence-corrected chi connectivity index (χ4v) is 0.973. The van der Waals surface area contributed by atoms with Crippen molar-refractivity contribution in [2.45, 2.75) is 6.92 Å². The number of halogens is 2. The van der Waals surface area contributed by atoms with Crippen molar-refractivity contribution in [3.05, 3.63) is 28.7 Å². The second-order valence-electron chi connectivity index (χ2n) is 2.23. The molecule has 0 aliphatic heterocycles. The molecule has 0 spiro atoms. The van der Waals surface area contributed by atoms with E-state index in [1.54, 1.807) is 6.92 Å². The smallest absolute Gasteiger partial charge is 0.123 e. The lowest BCUT2D eigenvalue weighted by Gasteiger charge is -1.99. The molecular weight excluding hydrogens is 239 g/mol. The number of nitrogens with zero attached hydrogens (tertiary/aromatic N) is 1. The van der Waals surface area contributed by atoms with Crippen LogP contribution in [-0.4, -0.2) is 5.17 Å². The monoisotopic (exact) mass is 246 g/mol. The van der Waals surface area contributed by atoms with Gasteiger partial charge in [-0.3, -0.25) is 5.43 Å². The lowest BCUT2D eigenvalue weighted by molar-refractivity contribution is 1.34. The van der Waals surface area contributed by atoms with Crippen molar-refractivity contribution in [3.8, 4) is 0 Å². The zero-order valence-corrected chi connectivity index (χ0v) is 8.85. The van der Waals surface area contributed by atoms with Gasteiger partial charge in [-0.2, -0.15) is 5.10 Å². The van der Waals surface area contributed by atoms with Gasteiger partial charge in [0.05, 0.1) is 5.69 Å². The highest BCUT2D eigenvalue weighted by Crippen LogP contribution is 2.13. The average Bonchev–Trinajstić information content (AvgIpc) is 2.03. The highest BCUT2D eigenvalue weighted by Gasteiger charge is 1.89. The Labute approximate surface area is 84.7 Å². The van der Waals surface area contributed by atoms with Gasteiger partial charge < -0.3 is 0 Å². The molecule has 0 unspecified atom stereocenters. The lowest BCUT2D eigenvalue weighted by Crippen LogP contribution is -1.90. The van der Waals surface area contributed by atoms with E-state index in [1.165, 1.54) is 0 Å². The Morgan fingerprint density at radius 1 is 1.42 bits per heavy atom. The molecule has 2 nitrogen and oxygen atoms in total. The Morgan fingerprint density at radius 3 is 2.50 bits per heavy atom. The number of benzene rings is 1. The predicted molar refractivity (Wildman–Crippen MR) is 56.7 cm³/mol. The molecule has 64 valence electrons. The summed E-state index contributed by atoms with van der Waals surface area (Å²) in [6, 6.07) is 7.68. The molecule has 0 bridgehead atoms. The topological polar surface area (TPSA) is 24.4 Å². The van der Waals surface area contributed by atoms with Gasteiger partial charge in [0.15, 0.2) is 0 Å². The van der Waals surface area contributed by atoms with Gasteiger partial charge in [0.25, 0.3) is 0 Å².